The van der Waals surface area contributed by atoms with Gasteiger partial charge >= 0.3 is 0 Å². The lowest BCUT2D eigenvalue weighted by atomic mass is 10.1. The van der Waals surface area contributed by atoms with Crippen LogP contribution in [0.4, 0.5) is 0 Å². The smallest absolute Gasteiger partial charge is 0.118 e. The molecule has 0 atom stereocenters. The van der Waals surface area contributed by atoms with Crippen LogP contribution in [0.25, 0.3) is 6.08 Å². The molecule has 0 aliphatic rings. The summed E-state index contributed by atoms with van der Waals surface area (Å²) in [5, 5.41) is 12.4. The van der Waals surface area contributed by atoms with Crippen LogP contribution in [0, 0.1) is 11.3 Å². The number of benzene rings is 1. The molecular weight excluding hydrogens is 204 g/mol. The number of hydrogen-bond donors (Lipinski definition) is 0. The van der Waals surface area contributed by atoms with Gasteiger partial charge in [0.25, 0.3) is 0 Å². The number of nitriles is 1. The van der Waals surface area contributed by atoms with E-state index in [0.29, 0.717) is 5.57 Å². The second-order valence-corrected chi connectivity index (χ2v) is 2.90. The Bertz CT molecular complexity index is 427. The van der Waals surface area contributed by atoms with Gasteiger partial charge in [0, 0.05) is 0 Å². The first-order valence-electron chi connectivity index (χ1n) is 4.62. The fraction of sp³-hybridized carbons (Fsp3) is 0.167. The van der Waals surface area contributed by atoms with Gasteiger partial charge in [0.15, 0.2) is 0 Å². The molecule has 0 aliphatic heterocycles. The molecule has 0 spiro atoms. The Morgan fingerprint density at radius 3 is 2.50 bits per heavy atom. The van der Waals surface area contributed by atoms with Gasteiger partial charge in [0.05, 0.1) is 18.9 Å². The molecule has 16 heavy (non-hydrogen) atoms. The van der Waals surface area contributed by atoms with Crippen molar-refractivity contribution in [1.82, 2.24) is 0 Å². The number of rotatable bonds is 4. The highest BCUT2D eigenvalue weighted by Crippen LogP contribution is 2.13. The third kappa shape index (κ3) is 3.46. The van der Waals surface area contributed by atoms with Gasteiger partial charge in [-0.3, -0.25) is 0 Å². The molecule has 0 saturated heterocycles. The van der Waals surface area contributed by atoms with Crippen LogP contribution in [-0.2, 0) is 4.84 Å². The molecule has 4 heteroatoms. The number of oxime groups is 1. The van der Waals surface area contributed by atoms with Crippen molar-refractivity contribution in [3.63, 3.8) is 0 Å². The quantitative estimate of drug-likeness (QED) is 0.440. The highest BCUT2D eigenvalue weighted by Gasteiger charge is 1.94. The van der Waals surface area contributed by atoms with Crippen LogP contribution < -0.4 is 4.74 Å². The van der Waals surface area contributed by atoms with Gasteiger partial charge in [0.1, 0.15) is 18.9 Å². The van der Waals surface area contributed by atoms with Crippen molar-refractivity contribution < 1.29 is 9.57 Å². The van der Waals surface area contributed by atoms with E-state index in [0.717, 1.165) is 11.3 Å². The molecule has 0 heterocycles. The average Bonchev–Trinajstić information content (AvgIpc) is 2.35. The van der Waals surface area contributed by atoms with Gasteiger partial charge in [-0.2, -0.15) is 5.26 Å². The average molecular weight is 216 g/mol. The van der Waals surface area contributed by atoms with Crippen molar-refractivity contribution in [3.05, 3.63) is 35.4 Å². The topological polar surface area (TPSA) is 54.6 Å². The van der Waals surface area contributed by atoms with E-state index < -0.39 is 0 Å². The fourth-order valence-corrected chi connectivity index (χ4v) is 1.09. The maximum atomic E-state index is 8.82. The van der Waals surface area contributed by atoms with Crippen LogP contribution in [0.1, 0.15) is 5.56 Å². The summed E-state index contributed by atoms with van der Waals surface area (Å²) >= 11 is 0. The molecule has 82 valence electrons. The van der Waals surface area contributed by atoms with Gasteiger partial charge in [-0.25, -0.2) is 0 Å². The van der Waals surface area contributed by atoms with Crippen molar-refractivity contribution in [2.75, 3.05) is 14.2 Å². The van der Waals surface area contributed by atoms with Gasteiger partial charge < -0.3 is 9.57 Å². The molecule has 0 unspecified atom stereocenters. The van der Waals surface area contributed by atoms with E-state index in [1.165, 1.54) is 13.3 Å². The van der Waals surface area contributed by atoms with Gasteiger partial charge in [-0.15, -0.1) is 0 Å². The Morgan fingerprint density at radius 2 is 2.00 bits per heavy atom. The van der Waals surface area contributed by atoms with Crippen LogP contribution in [0.3, 0.4) is 0 Å². The summed E-state index contributed by atoms with van der Waals surface area (Å²) in [5.41, 5.74) is 1.33. The number of allylic oxidation sites excluding steroid dienone is 1. The van der Waals surface area contributed by atoms with Crippen LogP contribution in [0.15, 0.2) is 35.0 Å². The third-order valence-electron chi connectivity index (χ3n) is 1.86. The SMILES string of the molecule is CO/N=C/C(C#N)=C/c1ccc(OC)cc1. The van der Waals surface area contributed by atoms with E-state index in [4.69, 9.17) is 10.00 Å². The molecule has 0 amide bonds. The summed E-state index contributed by atoms with van der Waals surface area (Å²) in [4.78, 5) is 4.51. The zero-order valence-corrected chi connectivity index (χ0v) is 9.18. The molecule has 0 N–H and O–H groups in total. The normalized spacial score (nSPS) is 11.2. The maximum absolute atomic E-state index is 8.82. The lowest BCUT2D eigenvalue weighted by Crippen LogP contribution is -1.84. The van der Waals surface area contributed by atoms with Crippen molar-refractivity contribution in [2.45, 2.75) is 0 Å². The highest BCUT2D eigenvalue weighted by molar-refractivity contribution is 5.90. The fourth-order valence-electron chi connectivity index (χ4n) is 1.09. The minimum atomic E-state index is 0.423. The summed E-state index contributed by atoms with van der Waals surface area (Å²) in [5.74, 6) is 0.779. The minimum Gasteiger partial charge on any atom is -0.497 e. The molecule has 0 bridgehead atoms. The van der Waals surface area contributed by atoms with Crippen molar-refractivity contribution in [3.8, 4) is 11.8 Å². The summed E-state index contributed by atoms with van der Waals surface area (Å²) < 4.78 is 5.03. The Kier molecular flexibility index (Phi) is 4.61. The van der Waals surface area contributed by atoms with Crippen LogP contribution >= 0.6 is 0 Å². The molecule has 1 rings (SSSR count). The number of ether oxygens (including phenoxy) is 1. The van der Waals surface area contributed by atoms with Crippen molar-refractivity contribution in [2.24, 2.45) is 5.16 Å². The Labute approximate surface area is 94.4 Å². The van der Waals surface area contributed by atoms with Crippen LogP contribution in [0.5, 0.6) is 5.75 Å². The lowest BCUT2D eigenvalue weighted by Gasteiger charge is -1.99. The van der Waals surface area contributed by atoms with Gasteiger partial charge in [0.2, 0.25) is 0 Å². The van der Waals surface area contributed by atoms with Crippen LogP contribution in [-0.4, -0.2) is 20.4 Å². The summed E-state index contributed by atoms with van der Waals surface area (Å²) in [6.45, 7) is 0. The zero-order valence-electron chi connectivity index (χ0n) is 9.18. The lowest BCUT2D eigenvalue weighted by molar-refractivity contribution is 0.215. The molecule has 1 aromatic rings. The van der Waals surface area contributed by atoms with E-state index >= 15 is 0 Å². The van der Waals surface area contributed by atoms with Crippen molar-refractivity contribution in [1.29, 1.82) is 5.26 Å². The van der Waals surface area contributed by atoms with E-state index in [1.807, 2.05) is 30.3 Å². The summed E-state index contributed by atoms with van der Waals surface area (Å²) in [6, 6.07) is 9.39. The maximum Gasteiger partial charge on any atom is 0.118 e. The summed E-state index contributed by atoms with van der Waals surface area (Å²) in [6.07, 6.45) is 3.08. The molecule has 0 aromatic heterocycles. The standard InChI is InChI=1S/C12H12N2O2/c1-15-12-5-3-10(4-6-12)7-11(8-13)9-14-16-2/h3-7,9H,1-2H3/b11-7+,14-9+. The van der Waals surface area contributed by atoms with Gasteiger partial charge in [-0.05, 0) is 23.8 Å². The van der Waals surface area contributed by atoms with E-state index in [2.05, 4.69) is 9.99 Å². The molecular formula is C12H12N2O2. The first kappa shape index (κ1) is 11.8. The van der Waals surface area contributed by atoms with E-state index in [-0.39, 0.29) is 0 Å². The van der Waals surface area contributed by atoms with Crippen LogP contribution in [0.2, 0.25) is 0 Å². The number of nitrogens with zero attached hydrogens (tertiary/aromatic N) is 2. The molecule has 4 nitrogen and oxygen atoms in total. The highest BCUT2D eigenvalue weighted by atomic mass is 16.6. The molecule has 1 aromatic carbocycles. The first-order chi connectivity index (χ1) is 7.80. The Balaban J connectivity index is 2.87. The summed E-state index contributed by atoms with van der Waals surface area (Å²) in [7, 11) is 3.04. The number of methoxy groups -OCH3 is 1. The minimum absolute atomic E-state index is 0.423. The third-order valence-corrected chi connectivity index (χ3v) is 1.86. The molecule has 0 fully saturated rings. The monoisotopic (exact) mass is 216 g/mol. The van der Waals surface area contributed by atoms with Gasteiger partial charge in [-0.1, -0.05) is 17.3 Å². The second kappa shape index (κ2) is 6.25. The zero-order chi connectivity index (χ0) is 11.8. The predicted octanol–water partition coefficient (Wildman–Crippen LogP) is 2.23. The number of hydrogen-bond acceptors (Lipinski definition) is 4. The first-order valence-corrected chi connectivity index (χ1v) is 4.62. The van der Waals surface area contributed by atoms with Crippen molar-refractivity contribution >= 4 is 12.3 Å². The second-order valence-electron chi connectivity index (χ2n) is 2.90. The molecule has 0 radical (unpaired) electrons. The predicted molar refractivity (Wildman–Crippen MR) is 62.1 cm³/mol. The largest absolute Gasteiger partial charge is 0.497 e. The Morgan fingerprint density at radius 1 is 1.31 bits per heavy atom. The Hall–Kier alpha value is -2.28. The molecule has 0 saturated carbocycles. The van der Waals surface area contributed by atoms with E-state index in [9.17, 15) is 0 Å². The molecule has 0 aliphatic carbocycles. The van der Waals surface area contributed by atoms with E-state index in [1.54, 1.807) is 13.2 Å².